The summed E-state index contributed by atoms with van der Waals surface area (Å²) >= 11 is 0. The van der Waals surface area contributed by atoms with Crippen LogP contribution < -0.4 is 5.32 Å². The molecule has 0 aliphatic rings. The molecule has 1 N–H and O–H groups in total. The third-order valence-electron chi connectivity index (χ3n) is 4.71. The van der Waals surface area contributed by atoms with E-state index in [0.717, 1.165) is 16.8 Å². The SMILES string of the molecule is CCN(CC)S(=O)(=O)c1ccc(C(=O)NCc2ccnc(-c3ccncc3)c2)cc1. The van der Waals surface area contributed by atoms with Crippen molar-refractivity contribution in [1.29, 1.82) is 0 Å². The number of benzene rings is 1. The minimum Gasteiger partial charge on any atom is -0.348 e. The van der Waals surface area contributed by atoms with Gasteiger partial charge in [0.1, 0.15) is 0 Å². The Morgan fingerprint density at radius 2 is 1.63 bits per heavy atom. The van der Waals surface area contributed by atoms with Gasteiger partial charge in [-0.25, -0.2) is 8.42 Å². The summed E-state index contributed by atoms with van der Waals surface area (Å²) in [6.45, 7) is 4.71. The summed E-state index contributed by atoms with van der Waals surface area (Å²) in [6, 6.07) is 13.5. The van der Waals surface area contributed by atoms with Crippen LogP contribution in [0.2, 0.25) is 0 Å². The number of nitrogens with one attached hydrogen (secondary N) is 1. The second kappa shape index (κ2) is 9.60. The first kappa shape index (κ1) is 21.6. The molecule has 0 aliphatic carbocycles. The molecule has 2 heterocycles. The third kappa shape index (κ3) is 4.90. The standard InChI is InChI=1S/C22H24N4O3S/c1-3-26(4-2)30(28,29)20-7-5-19(6-8-20)22(27)25-16-17-9-14-24-21(15-17)18-10-12-23-13-11-18/h5-15H,3-4,16H2,1-2H3,(H,25,27). The number of hydrogen-bond donors (Lipinski definition) is 1. The van der Waals surface area contributed by atoms with E-state index >= 15 is 0 Å². The lowest BCUT2D eigenvalue weighted by molar-refractivity contribution is 0.0951. The number of amides is 1. The largest absolute Gasteiger partial charge is 0.348 e. The van der Waals surface area contributed by atoms with Gasteiger partial charge in [-0.05, 0) is 54.1 Å². The first-order valence-corrected chi connectivity index (χ1v) is 11.1. The van der Waals surface area contributed by atoms with Gasteiger partial charge in [-0.1, -0.05) is 13.8 Å². The lowest BCUT2D eigenvalue weighted by Gasteiger charge is -2.18. The summed E-state index contributed by atoms with van der Waals surface area (Å²) < 4.78 is 26.5. The molecule has 0 fully saturated rings. The minimum atomic E-state index is -3.54. The molecule has 0 bridgehead atoms. The molecule has 2 aromatic heterocycles. The van der Waals surface area contributed by atoms with Crippen LogP contribution in [-0.2, 0) is 16.6 Å². The lowest BCUT2D eigenvalue weighted by atomic mass is 10.1. The van der Waals surface area contributed by atoms with E-state index in [-0.39, 0.29) is 10.8 Å². The van der Waals surface area contributed by atoms with Gasteiger partial charge in [0.25, 0.3) is 5.91 Å². The molecule has 0 aliphatic heterocycles. The number of carbonyl (C=O) groups excluding carboxylic acids is 1. The zero-order valence-corrected chi connectivity index (χ0v) is 17.8. The molecule has 3 aromatic rings. The van der Waals surface area contributed by atoms with E-state index < -0.39 is 10.0 Å². The number of aromatic nitrogens is 2. The number of pyridine rings is 2. The van der Waals surface area contributed by atoms with Gasteiger partial charge in [-0.3, -0.25) is 14.8 Å². The fourth-order valence-electron chi connectivity index (χ4n) is 3.04. The van der Waals surface area contributed by atoms with Gasteiger partial charge in [0.15, 0.2) is 0 Å². The predicted molar refractivity (Wildman–Crippen MR) is 115 cm³/mol. The van der Waals surface area contributed by atoms with Crippen LogP contribution in [0, 0.1) is 0 Å². The molecule has 1 aromatic carbocycles. The molecule has 0 atom stereocenters. The molecule has 0 saturated carbocycles. The van der Waals surface area contributed by atoms with Gasteiger partial charge in [0.2, 0.25) is 10.0 Å². The topological polar surface area (TPSA) is 92.3 Å². The van der Waals surface area contributed by atoms with E-state index in [0.29, 0.717) is 25.2 Å². The molecule has 3 rings (SSSR count). The van der Waals surface area contributed by atoms with Gasteiger partial charge < -0.3 is 5.32 Å². The summed E-state index contributed by atoms with van der Waals surface area (Å²) in [5.41, 5.74) is 3.06. The maximum Gasteiger partial charge on any atom is 0.251 e. The average molecular weight is 425 g/mol. The minimum absolute atomic E-state index is 0.180. The van der Waals surface area contributed by atoms with Crippen LogP contribution in [0.4, 0.5) is 0 Å². The number of hydrogen-bond acceptors (Lipinski definition) is 5. The van der Waals surface area contributed by atoms with Crippen LogP contribution in [0.1, 0.15) is 29.8 Å². The highest BCUT2D eigenvalue weighted by Crippen LogP contribution is 2.18. The Morgan fingerprint density at radius 3 is 2.27 bits per heavy atom. The van der Waals surface area contributed by atoms with Gasteiger partial charge >= 0.3 is 0 Å². The van der Waals surface area contributed by atoms with E-state index in [2.05, 4.69) is 15.3 Å². The van der Waals surface area contributed by atoms with Crippen LogP contribution in [0.3, 0.4) is 0 Å². The first-order valence-electron chi connectivity index (χ1n) is 9.69. The Balaban J connectivity index is 1.67. The molecule has 8 heteroatoms. The van der Waals surface area contributed by atoms with Gasteiger partial charge in [-0.15, -0.1) is 0 Å². The van der Waals surface area contributed by atoms with Crippen LogP contribution in [-0.4, -0.2) is 41.7 Å². The number of nitrogens with zero attached hydrogens (tertiary/aromatic N) is 3. The fourth-order valence-corrected chi connectivity index (χ4v) is 4.50. The molecule has 1 amide bonds. The number of rotatable bonds is 8. The van der Waals surface area contributed by atoms with Gasteiger partial charge in [-0.2, -0.15) is 4.31 Å². The molecule has 0 radical (unpaired) electrons. The normalized spacial score (nSPS) is 11.4. The quantitative estimate of drug-likeness (QED) is 0.600. The average Bonchev–Trinajstić information content (AvgIpc) is 2.79. The van der Waals surface area contributed by atoms with Crippen molar-refractivity contribution < 1.29 is 13.2 Å². The van der Waals surface area contributed by atoms with Gasteiger partial charge in [0, 0.05) is 49.4 Å². The van der Waals surface area contributed by atoms with Crippen LogP contribution in [0.5, 0.6) is 0 Å². The predicted octanol–water partition coefficient (Wildman–Crippen LogP) is 3.10. The highest BCUT2D eigenvalue weighted by molar-refractivity contribution is 7.89. The Labute approximate surface area is 176 Å². The fraction of sp³-hybridized carbons (Fsp3) is 0.227. The van der Waals surface area contributed by atoms with Crippen molar-refractivity contribution in [3.63, 3.8) is 0 Å². The summed E-state index contributed by atoms with van der Waals surface area (Å²) in [7, 11) is -3.54. The van der Waals surface area contributed by atoms with Crippen molar-refractivity contribution in [3.05, 3.63) is 78.2 Å². The number of carbonyl (C=O) groups is 1. The molecule has 0 spiro atoms. The van der Waals surface area contributed by atoms with Crippen molar-refractivity contribution in [2.45, 2.75) is 25.3 Å². The summed E-state index contributed by atoms with van der Waals surface area (Å²) in [5.74, 6) is -0.274. The molecular formula is C22H24N4O3S. The maximum atomic E-state index is 12.6. The van der Waals surface area contributed by atoms with Crippen LogP contribution >= 0.6 is 0 Å². The van der Waals surface area contributed by atoms with E-state index in [1.165, 1.54) is 28.6 Å². The Bertz CT molecular complexity index is 1100. The molecular weight excluding hydrogens is 400 g/mol. The van der Waals surface area contributed by atoms with E-state index in [9.17, 15) is 13.2 Å². The number of sulfonamides is 1. The third-order valence-corrected chi connectivity index (χ3v) is 6.78. The highest BCUT2D eigenvalue weighted by atomic mass is 32.2. The Kier molecular flexibility index (Phi) is 6.91. The Morgan fingerprint density at radius 1 is 0.967 bits per heavy atom. The maximum absolute atomic E-state index is 12.6. The smallest absolute Gasteiger partial charge is 0.251 e. The van der Waals surface area contributed by atoms with Crippen molar-refractivity contribution >= 4 is 15.9 Å². The molecule has 0 saturated heterocycles. The second-order valence-electron chi connectivity index (χ2n) is 6.58. The zero-order chi connectivity index (χ0) is 21.6. The van der Waals surface area contributed by atoms with E-state index in [1.54, 1.807) is 32.4 Å². The Hall–Kier alpha value is -3.10. The molecule has 30 heavy (non-hydrogen) atoms. The van der Waals surface area contributed by atoms with Crippen molar-refractivity contribution in [1.82, 2.24) is 19.6 Å². The molecule has 0 unspecified atom stereocenters. The van der Waals surface area contributed by atoms with Crippen molar-refractivity contribution in [3.8, 4) is 11.3 Å². The van der Waals surface area contributed by atoms with Crippen LogP contribution in [0.25, 0.3) is 11.3 Å². The highest BCUT2D eigenvalue weighted by Gasteiger charge is 2.21. The monoisotopic (exact) mass is 424 g/mol. The van der Waals surface area contributed by atoms with Crippen LogP contribution in [0.15, 0.2) is 72.0 Å². The van der Waals surface area contributed by atoms with E-state index in [1.807, 2.05) is 24.3 Å². The van der Waals surface area contributed by atoms with Crippen molar-refractivity contribution in [2.24, 2.45) is 0 Å². The molecule has 7 nitrogen and oxygen atoms in total. The zero-order valence-electron chi connectivity index (χ0n) is 16.9. The summed E-state index contributed by atoms with van der Waals surface area (Å²) in [5, 5.41) is 2.86. The summed E-state index contributed by atoms with van der Waals surface area (Å²) in [6.07, 6.45) is 5.11. The summed E-state index contributed by atoms with van der Waals surface area (Å²) in [4.78, 5) is 21.0. The van der Waals surface area contributed by atoms with E-state index in [4.69, 9.17) is 0 Å². The van der Waals surface area contributed by atoms with Gasteiger partial charge in [0.05, 0.1) is 10.6 Å². The first-order chi connectivity index (χ1) is 14.5. The lowest BCUT2D eigenvalue weighted by Crippen LogP contribution is -2.30. The second-order valence-corrected chi connectivity index (χ2v) is 8.52. The van der Waals surface area contributed by atoms with Crippen molar-refractivity contribution in [2.75, 3.05) is 13.1 Å². The molecule has 156 valence electrons.